The van der Waals surface area contributed by atoms with Gasteiger partial charge in [-0.15, -0.1) is 0 Å². The van der Waals surface area contributed by atoms with Gasteiger partial charge in [-0.25, -0.2) is 0 Å². The van der Waals surface area contributed by atoms with Crippen LogP contribution >= 0.6 is 0 Å². The zero-order chi connectivity index (χ0) is 16.4. The average Bonchev–Trinajstić information content (AvgIpc) is 2.91. The Morgan fingerprint density at radius 3 is 2.61 bits per heavy atom. The molecule has 1 heterocycles. The van der Waals surface area contributed by atoms with Crippen LogP contribution in [-0.4, -0.2) is 13.1 Å². The maximum atomic E-state index is 12.1. The van der Waals surface area contributed by atoms with Crippen molar-refractivity contribution in [3.8, 4) is 0 Å². The Kier molecular flexibility index (Phi) is 4.20. The van der Waals surface area contributed by atoms with Crippen molar-refractivity contribution in [2.24, 2.45) is 0 Å². The van der Waals surface area contributed by atoms with Gasteiger partial charge in [0, 0.05) is 17.4 Å². The van der Waals surface area contributed by atoms with Crippen LogP contribution in [0.2, 0.25) is 0 Å². The third-order valence-electron chi connectivity index (χ3n) is 4.15. The second-order valence-corrected chi connectivity index (χ2v) is 5.85. The highest BCUT2D eigenvalue weighted by molar-refractivity contribution is 5.90. The van der Waals surface area contributed by atoms with E-state index in [0.29, 0.717) is 6.42 Å². The lowest BCUT2D eigenvalue weighted by atomic mass is 9.94. The molecule has 0 bridgehead atoms. The SMILES string of the molecule is COC(=O)C(C)c1c(Cc2ccccc2)oc2ccc(C)cc12. The van der Waals surface area contributed by atoms with Crippen LogP contribution in [0.1, 0.15) is 35.3 Å². The van der Waals surface area contributed by atoms with Gasteiger partial charge in [0.1, 0.15) is 11.3 Å². The molecule has 1 atom stereocenters. The number of furan rings is 1. The first-order valence-electron chi connectivity index (χ1n) is 7.74. The summed E-state index contributed by atoms with van der Waals surface area (Å²) in [5, 5.41) is 0.994. The Labute approximate surface area is 135 Å². The van der Waals surface area contributed by atoms with Crippen LogP contribution in [-0.2, 0) is 16.0 Å². The predicted octanol–water partition coefficient (Wildman–Crippen LogP) is 4.61. The molecule has 1 aromatic heterocycles. The molecule has 2 aromatic carbocycles. The summed E-state index contributed by atoms with van der Waals surface area (Å²) in [6, 6.07) is 16.2. The molecule has 0 fully saturated rings. The topological polar surface area (TPSA) is 39.4 Å². The number of aryl methyl sites for hydroxylation is 1. The molecule has 0 amide bonds. The normalized spacial score (nSPS) is 12.3. The number of esters is 1. The fraction of sp³-hybridized carbons (Fsp3) is 0.250. The number of rotatable bonds is 4. The molecule has 3 aromatic rings. The van der Waals surface area contributed by atoms with E-state index in [0.717, 1.165) is 33.4 Å². The summed E-state index contributed by atoms with van der Waals surface area (Å²) in [6.45, 7) is 3.91. The molecule has 3 nitrogen and oxygen atoms in total. The molecular weight excluding hydrogens is 288 g/mol. The van der Waals surface area contributed by atoms with Crippen molar-refractivity contribution in [2.75, 3.05) is 7.11 Å². The van der Waals surface area contributed by atoms with Gasteiger partial charge in [-0.1, -0.05) is 42.0 Å². The highest BCUT2D eigenvalue weighted by Gasteiger charge is 2.25. The minimum atomic E-state index is -0.359. The zero-order valence-electron chi connectivity index (χ0n) is 13.6. The van der Waals surface area contributed by atoms with E-state index in [2.05, 4.69) is 18.2 Å². The van der Waals surface area contributed by atoms with Gasteiger partial charge >= 0.3 is 5.97 Å². The van der Waals surface area contributed by atoms with E-state index in [1.54, 1.807) is 0 Å². The van der Waals surface area contributed by atoms with Gasteiger partial charge in [0.15, 0.2) is 0 Å². The van der Waals surface area contributed by atoms with E-state index >= 15 is 0 Å². The number of fused-ring (bicyclic) bond motifs is 1. The summed E-state index contributed by atoms with van der Waals surface area (Å²) in [4.78, 5) is 12.1. The van der Waals surface area contributed by atoms with E-state index in [9.17, 15) is 4.79 Å². The van der Waals surface area contributed by atoms with E-state index in [1.165, 1.54) is 7.11 Å². The smallest absolute Gasteiger partial charge is 0.313 e. The highest BCUT2D eigenvalue weighted by Crippen LogP contribution is 2.34. The Hall–Kier alpha value is -2.55. The van der Waals surface area contributed by atoms with Crippen LogP contribution in [0.4, 0.5) is 0 Å². The maximum absolute atomic E-state index is 12.1. The van der Waals surface area contributed by atoms with Crippen molar-refractivity contribution >= 4 is 16.9 Å². The molecule has 118 valence electrons. The lowest BCUT2D eigenvalue weighted by molar-refractivity contribution is -0.142. The molecule has 3 heteroatoms. The molecule has 0 aliphatic carbocycles. The minimum absolute atomic E-state index is 0.247. The molecule has 0 saturated heterocycles. The minimum Gasteiger partial charge on any atom is -0.469 e. The summed E-state index contributed by atoms with van der Waals surface area (Å²) in [7, 11) is 1.42. The fourth-order valence-electron chi connectivity index (χ4n) is 2.96. The van der Waals surface area contributed by atoms with Crippen molar-refractivity contribution in [1.82, 2.24) is 0 Å². The monoisotopic (exact) mass is 308 g/mol. The maximum Gasteiger partial charge on any atom is 0.313 e. The summed E-state index contributed by atoms with van der Waals surface area (Å²) in [5.74, 6) is 0.222. The lowest BCUT2D eigenvalue weighted by Gasteiger charge is -2.10. The number of hydrogen-bond acceptors (Lipinski definition) is 3. The van der Waals surface area contributed by atoms with Crippen LogP contribution in [0.15, 0.2) is 52.9 Å². The molecular formula is C20H20O3. The Morgan fingerprint density at radius 1 is 1.17 bits per heavy atom. The molecule has 0 saturated carbocycles. The average molecular weight is 308 g/mol. The van der Waals surface area contributed by atoms with Crippen LogP contribution in [0, 0.1) is 6.92 Å². The van der Waals surface area contributed by atoms with Gasteiger partial charge < -0.3 is 9.15 Å². The first kappa shape index (κ1) is 15.3. The van der Waals surface area contributed by atoms with Crippen molar-refractivity contribution < 1.29 is 13.9 Å². The van der Waals surface area contributed by atoms with Crippen molar-refractivity contribution in [3.05, 3.63) is 71.0 Å². The second kappa shape index (κ2) is 6.29. The zero-order valence-corrected chi connectivity index (χ0v) is 13.6. The lowest BCUT2D eigenvalue weighted by Crippen LogP contribution is -2.12. The first-order valence-corrected chi connectivity index (χ1v) is 7.74. The predicted molar refractivity (Wildman–Crippen MR) is 90.6 cm³/mol. The molecule has 0 spiro atoms. The van der Waals surface area contributed by atoms with Crippen LogP contribution in [0.5, 0.6) is 0 Å². The Morgan fingerprint density at radius 2 is 1.91 bits per heavy atom. The molecule has 3 rings (SSSR count). The number of hydrogen-bond donors (Lipinski definition) is 0. The van der Waals surface area contributed by atoms with Gasteiger partial charge in [0.2, 0.25) is 0 Å². The Bertz CT molecular complexity index is 831. The molecule has 0 N–H and O–H groups in total. The van der Waals surface area contributed by atoms with Crippen LogP contribution < -0.4 is 0 Å². The standard InChI is InChI=1S/C20H20O3/c1-13-9-10-17-16(11-13)19(14(2)20(21)22-3)18(23-17)12-15-7-5-4-6-8-15/h4-11,14H,12H2,1-3H3. The fourth-order valence-corrected chi connectivity index (χ4v) is 2.96. The molecule has 0 aliphatic heterocycles. The number of carbonyl (C=O) groups is 1. The number of benzene rings is 2. The number of methoxy groups -OCH3 is 1. The quantitative estimate of drug-likeness (QED) is 0.661. The van der Waals surface area contributed by atoms with E-state index in [4.69, 9.17) is 9.15 Å². The molecule has 23 heavy (non-hydrogen) atoms. The first-order chi connectivity index (χ1) is 11.1. The van der Waals surface area contributed by atoms with E-state index in [-0.39, 0.29) is 11.9 Å². The van der Waals surface area contributed by atoms with Crippen LogP contribution in [0.3, 0.4) is 0 Å². The van der Waals surface area contributed by atoms with E-state index < -0.39 is 0 Å². The van der Waals surface area contributed by atoms with Crippen molar-refractivity contribution in [2.45, 2.75) is 26.2 Å². The van der Waals surface area contributed by atoms with Gasteiger partial charge in [0.05, 0.1) is 13.0 Å². The number of ether oxygens (including phenoxy) is 1. The van der Waals surface area contributed by atoms with Gasteiger partial charge in [-0.05, 0) is 31.5 Å². The van der Waals surface area contributed by atoms with Crippen molar-refractivity contribution in [1.29, 1.82) is 0 Å². The molecule has 1 unspecified atom stereocenters. The van der Waals surface area contributed by atoms with Gasteiger partial charge in [-0.3, -0.25) is 4.79 Å². The van der Waals surface area contributed by atoms with E-state index in [1.807, 2.05) is 44.2 Å². The third kappa shape index (κ3) is 3.00. The third-order valence-corrected chi connectivity index (χ3v) is 4.15. The molecule has 0 radical (unpaired) electrons. The Balaban J connectivity index is 2.14. The number of carbonyl (C=O) groups excluding carboxylic acids is 1. The highest BCUT2D eigenvalue weighted by atomic mass is 16.5. The largest absolute Gasteiger partial charge is 0.469 e. The van der Waals surface area contributed by atoms with Crippen molar-refractivity contribution in [3.63, 3.8) is 0 Å². The summed E-state index contributed by atoms with van der Waals surface area (Å²) in [5.41, 5.74) is 4.04. The summed E-state index contributed by atoms with van der Waals surface area (Å²) in [6.07, 6.45) is 0.658. The van der Waals surface area contributed by atoms with Gasteiger partial charge in [-0.2, -0.15) is 0 Å². The molecule has 0 aliphatic rings. The van der Waals surface area contributed by atoms with Gasteiger partial charge in [0.25, 0.3) is 0 Å². The second-order valence-electron chi connectivity index (χ2n) is 5.85. The summed E-state index contributed by atoms with van der Waals surface area (Å²) < 4.78 is 11.0. The summed E-state index contributed by atoms with van der Waals surface area (Å²) >= 11 is 0. The van der Waals surface area contributed by atoms with Crippen LogP contribution in [0.25, 0.3) is 11.0 Å².